The predicted octanol–water partition coefficient (Wildman–Crippen LogP) is 4.70. The van der Waals surface area contributed by atoms with E-state index in [4.69, 9.17) is 4.74 Å². The van der Waals surface area contributed by atoms with Gasteiger partial charge in [0.1, 0.15) is 10.9 Å². The molecule has 0 radical (unpaired) electrons. The molecule has 1 fully saturated rings. The number of carbonyl (C=O) groups excluding carboxylic acids is 1. The van der Waals surface area contributed by atoms with Gasteiger partial charge in [-0.3, -0.25) is 0 Å². The van der Waals surface area contributed by atoms with Crippen LogP contribution in [0, 0.1) is 6.92 Å². The first-order chi connectivity index (χ1) is 15.9. The highest BCUT2D eigenvalue weighted by atomic mass is 32.2. The summed E-state index contributed by atoms with van der Waals surface area (Å²) in [7, 11) is -4.04. The number of aryl methyl sites for hydroxylation is 1. The molecule has 1 saturated heterocycles. The van der Waals surface area contributed by atoms with Crippen LogP contribution in [0.25, 0.3) is 10.9 Å². The molecule has 2 aromatic carbocycles. The Hall–Kier alpha value is -2.90. The van der Waals surface area contributed by atoms with Crippen LogP contribution in [0.5, 0.6) is 0 Å². The van der Waals surface area contributed by atoms with Gasteiger partial charge in [-0.2, -0.15) is 0 Å². The van der Waals surface area contributed by atoms with Gasteiger partial charge in [0.15, 0.2) is 0 Å². The van der Waals surface area contributed by atoms with Crippen molar-refractivity contribution in [2.45, 2.75) is 37.9 Å². The summed E-state index contributed by atoms with van der Waals surface area (Å²) in [5.74, 6) is -0.248. The summed E-state index contributed by atoms with van der Waals surface area (Å²) in [6.07, 6.45) is 3.46. The fourth-order valence-electron chi connectivity index (χ4n) is 4.54. The summed E-state index contributed by atoms with van der Waals surface area (Å²) in [4.78, 5) is 12.8. The number of benzene rings is 2. The molecule has 4 rings (SSSR count). The molecule has 1 aromatic heterocycles. The topological polar surface area (TPSA) is 77.4 Å². The van der Waals surface area contributed by atoms with Crippen molar-refractivity contribution >= 4 is 26.9 Å². The van der Waals surface area contributed by atoms with Gasteiger partial charge in [0, 0.05) is 5.39 Å². The van der Waals surface area contributed by atoms with Gasteiger partial charge in [-0.15, -0.1) is 6.58 Å². The second-order valence-corrected chi connectivity index (χ2v) is 10.4. The summed E-state index contributed by atoms with van der Waals surface area (Å²) < 4.78 is 34.2. The second-order valence-electron chi connectivity index (χ2n) is 8.47. The fourth-order valence-corrected chi connectivity index (χ4v) is 6.35. The van der Waals surface area contributed by atoms with Crippen molar-refractivity contribution in [3.8, 4) is 0 Å². The minimum atomic E-state index is -4.04. The van der Waals surface area contributed by atoms with E-state index in [2.05, 4.69) is 11.9 Å². The van der Waals surface area contributed by atoms with E-state index in [1.807, 2.05) is 37.3 Å². The Morgan fingerprint density at radius 1 is 1.18 bits per heavy atom. The average Bonchev–Trinajstić information content (AvgIpc) is 3.21. The van der Waals surface area contributed by atoms with Crippen molar-refractivity contribution in [2.75, 3.05) is 19.7 Å². The summed E-state index contributed by atoms with van der Waals surface area (Å²) in [5.41, 5.74) is 3.26. The molecule has 0 saturated carbocycles. The molecule has 3 aromatic rings. The van der Waals surface area contributed by atoms with E-state index in [9.17, 15) is 13.2 Å². The highest BCUT2D eigenvalue weighted by molar-refractivity contribution is 7.90. The summed E-state index contributed by atoms with van der Waals surface area (Å²) in [6.45, 7) is 9.51. The molecule has 1 atom stereocenters. The zero-order valence-electron chi connectivity index (χ0n) is 19.1. The average molecular weight is 467 g/mol. The Labute approximate surface area is 195 Å². The van der Waals surface area contributed by atoms with Gasteiger partial charge in [-0.25, -0.2) is 17.2 Å². The lowest BCUT2D eigenvalue weighted by Crippen LogP contribution is -2.26. The minimum Gasteiger partial charge on any atom is -0.461 e. The number of hydrogen-bond acceptors (Lipinski definition) is 5. The number of piperidine rings is 1. The Balaban J connectivity index is 1.87. The lowest BCUT2D eigenvalue weighted by molar-refractivity contribution is 0.0518. The van der Waals surface area contributed by atoms with Crippen LogP contribution in [0.4, 0.5) is 0 Å². The molecule has 0 aliphatic carbocycles. The van der Waals surface area contributed by atoms with Crippen LogP contribution in [-0.4, -0.2) is 38.1 Å². The van der Waals surface area contributed by atoms with E-state index in [1.54, 1.807) is 25.1 Å². The molecule has 0 bridgehead atoms. The number of ether oxygens (including phenoxy) is 1. The smallest absolute Gasteiger partial charge is 0.356 e. The lowest BCUT2D eigenvalue weighted by atomic mass is 9.90. The second kappa shape index (κ2) is 9.53. The first-order valence-corrected chi connectivity index (χ1v) is 12.8. The Morgan fingerprint density at radius 2 is 1.88 bits per heavy atom. The Kier molecular flexibility index (Phi) is 6.72. The van der Waals surface area contributed by atoms with Gasteiger partial charge in [0.05, 0.1) is 12.1 Å². The van der Waals surface area contributed by atoms with Gasteiger partial charge < -0.3 is 10.1 Å². The monoisotopic (exact) mass is 466 g/mol. The maximum absolute atomic E-state index is 13.9. The number of carbonyl (C=O) groups is 1. The first-order valence-electron chi connectivity index (χ1n) is 11.3. The first kappa shape index (κ1) is 23.3. The van der Waals surface area contributed by atoms with Crippen molar-refractivity contribution in [1.29, 1.82) is 0 Å². The lowest BCUT2D eigenvalue weighted by Gasteiger charge is -2.23. The highest BCUT2D eigenvalue weighted by Gasteiger charge is 2.32. The largest absolute Gasteiger partial charge is 0.461 e. The molecule has 6 nitrogen and oxygen atoms in total. The number of hydrogen-bond donors (Lipinski definition) is 1. The van der Waals surface area contributed by atoms with E-state index in [0.29, 0.717) is 22.4 Å². The number of nitrogens with zero attached hydrogens (tertiary/aromatic N) is 1. The number of esters is 1. The molecule has 1 aliphatic heterocycles. The van der Waals surface area contributed by atoms with Crippen molar-refractivity contribution in [1.82, 2.24) is 9.29 Å². The molecule has 2 heterocycles. The molecule has 7 heteroatoms. The van der Waals surface area contributed by atoms with Crippen molar-refractivity contribution in [3.05, 3.63) is 83.6 Å². The zero-order valence-corrected chi connectivity index (χ0v) is 19.9. The molecule has 1 N–H and O–H groups in total. The molecule has 1 aliphatic rings. The highest BCUT2D eigenvalue weighted by Crippen LogP contribution is 2.34. The molecule has 33 heavy (non-hydrogen) atoms. The molecule has 1 unspecified atom stereocenters. The van der Waals surface area contributed by atoms with Crippen LogP contribution in [0.2, 0.25) is 0 Å². The standard InChI is InChI=1S/C26H30N2O4S/c1-4-25(20-8-6-18(3)7-9-20)33(30,31)28-23-11-10-21(19-12-14-27-15-13-19)16-22(23)17-24(28)26(29)32-5-2/h4,6-11,16-17,19,25,27H,1,5,12-15H2,2-3H3. The van der Waals surface area contributed by atoms with Crippen LogP contribution in [0.15, 0.2) is 61.2 Å². The number of aromatic nitrogens is 1. The van der Waals surface area contributed by atoms with Crippen molar-refractivity contribution < 1.29 is 17.9 Å². The zero-order chi connectivity index (χ0) is 23.6. The normalized spacial score (nSPS) is 15.9. The van der Waals surface area contributed by atoms with Crippen LogP contribution >= 0.6 is 0 Å². The van der Waals surface area contributed by atoms with Crippen LogP contribution in [0.1, 0.15) is 58.1 Å². The minimum absolute atomic E-state index is 0.00766. The summed E-state index contributed by atoms with van der Waals surface area (Å²) in [6, 6.07) is 14.7. The SMILES string of the molecule is C=CC(c1ccc(C)cc1)S(=O)(=O)n1c(C(=O)OCC)cc2cc(C3CCNCC3)ccc21. The van der Waals surface area contributed by atoms with E-state index < -0.39 is 21.2 Å². The van der Waals surface area contributed by atoms with E-state index in [1.165, 1.54) is 6.08 Å². The van der Waals surface area contributed by atoms with E-state index in [0.717, 1.165) is 41.0 Å². The quantitative estimate of drug-likeness (QED) is 0.403. The number of fused-ring (bicyclic) bond motifs is 1. The van der Waals surface area contributed by atoms with Gasteiger partial charge in [-0.05, 0) is 75.0 Å². The maximum Gasteiger partial charge on any atom is 0.356 e. The summed E-state index contributed by atoms with van der Waals surface area (Å²) >= 11 is 0. The maximum atomic E-state index is 13.9. The van der Waals surface area contributed by atoms with E-state index >= 15 is 0 Å². The van der Waals surface area contributed by atoms with Gasteiger partial charge in [0.25, 0.3) is 0 Å². The predicted molar refractivity (Wildman–Crippen MR) is 131 cm³/mol. The third kappa shape index (κ3) is 4.48. The van der Waals surface area contributed by atoms with Crippen LogP contribution < -0.4 is 5.32 Å². The van der Waals surface area contributed by atoms with Crippen LogP contribution in [0.3, 0.4) is 0 Å². The summed E-state index contributed by atoms with van der Waals surface area (Å²) in [5, 5.41) is 3.07. The Morgan fingerprint density at radius 3 is 2.52 bits per heavy atom. The van der Waals surface area contributed by atoms with Gasteiger partial charge in [-0.1, -0.05) is 42.0 Å². The van der Waals surface area contributed by atoms with Crippen molar-refractivity contribution in [3.63, 3.8) is 0 Å². The third-order valence-corrected chi connectivity index (χ3v) is 8.28. The molecule has 0 amide bonds. The number of nitrogens with one attached hydrogen (secondary N) is 1. The van der Waals surface area contributed by atoms with Crippen molar-refractivity contribution in [2.24, 2.45) is 0 Å². The van der Waals surface area contributed by atoms with Crippen LogP contribution in [-0.2, 0) is 14.8 Å². The van der Waals surface area contributed by atoms with Gasteiger partial charge >= 0.3 is 5.97 Å². The third-order valence-electron chi connectivity index (χ3n) is 6.27. The van der Waals surface area contributed by atoms with E-state index in [-0.39, 0.29) is 12.3 Å². The molecular formula is C26H30N2O4S. The van der Waals surface area contributed by atoms with Gasteiger partial charge in [0.2, 0.25) is 10.0 Å². The molecular weight excluding hydrogens is 436 g/mol. The fraction of sp³-hybridized carbons (Fsp3) is 0.346. The molecule has 0 spiro atoms. The number of rotatable bonds is 7. The Bertz CT molecular complexity index is 1270. The molecule has 174 valence electrons.